The van der Waals surface area contributed by atoms with Crippen LogP contribution in [0.4, 0.5) is 13.2 Å². The number of ether oxygens (including phenoxy) is 2. The third kappa shape index (κ3) is 5.92. The Bertz CT molecular complexity index is 394. The van der Waals surface area contributed by atoms with Gasteiger partial charge >= 0.3 is 6.18 Å². The number of aryl methyl sites for hydroxylation is 1. The maximum Gasteiger partial charge on any atom is 0.416 e. The quantitative estimate of drug-likeness (QED) is 0.713. The van der Waals surface area contributed by atoms with Crippen LogP contribution >= 0.6 is 0 Å². The van der Waals surface area contributed by atoms with E-state index in [9.17, 15) is 13.2 Å². The zero-order valence-electron chi connectivity index (χ0n) is 11.1. The van der Waals surface area contributed by atoms with E-state index < -0.39 is 11.7 Å². The lowest BCUT2D eigenvalue weighted by atomic mass is 10.2. The molecule has 0 N–H and O–H groups in total. The second-order valence-electron chi connectivity index (χ2n) is 4.15. The van der Waals surface area contributed by atoms with Crippen molar-refractivity contribution in [1.29, 1.82) is 0 Å². The summed E-state index contributed by atoms with van der Waals surface area (Å²) >= 11 is 0. The summed E-state index contributed by atoms with van der Waals surface area (Å²) in [5, 5.41) is 0. The molecule has 0 atom stereocenters. The zero-order valence-corrected chi connectivity index (χ0v) is 11.1. The fraction of sp³-hybridized carbons (Fsp3) is 0.615. The van der Waals surface area contributed by atoms with Crippen molar-refractivity contribution in [1.82, 2.24) is 4.98 Å². The van der Waals surface area contributed by atoms with Crippen LogP contribution in [0.25, 0.3) is 0 Å². The molecular formula is C13H18F3NO2. The molecule has 0 bridgehead atoms. The minimum Gasteiger partial charge on any atom is -0.475 e. The van der Waals surface area contributed by atoms with E-state index in [0.717, 1.165) is 25.0 Å². The van der Waals surface area contributed by atoms with Crippen molar-refractivity contribution in [2.45, 2.75) is 32.9 Å². The molecule has 1 aromatic heterocycles. The third-order valence-electron chi connectivity index (χ3n) is 2.38. The van der Waals surface area contributed by atoms with Crippen LogP contribution in [0.3, 0.4) is 0 Å². The molecule has 0 amide bonds. The van der Waals surface area contributed by atoms with Gasteiger partial charge < -0.3 is 9.47 Å². The number of hydrogen-bond donors (Lipinski definition) is 0. The summed E-state index contributed by atoms with van der Waals surface area (Å²) < 4.78 is 48.1. The molecule has 0 unspecified atom stereocenters. The average molecular weight is 277 g/mol. The van der Waals surface area contributed by atoms with E-state index in [1.54, 1.807) is 0 Å². The Morgan fingerprint density at radius 3 is 2.53 bits per heavy atom. The van der Waals surface area contributed by atoms with E-state index in [0.29, 0.717) is 13.2 Å². The van der Waals surface area contributed by atoms with Gasteiger partial charge in [-0.2, -0.15) is 13.2 Å². The summed E-state index contributed by atoms with van der Waals surface area (Å²) in [7, 11) is 0. The van der Waals surface area contributed by atoms with Crippen molar-refractivity contribution in [3.05, 3.63) is 23.4 Å². The third-order valence-corrected chi connectivity index (χ3v) is 2.38. The van der Waals surface area contributed by atoms with Crippen molar-refractivity contribution in [3.63, 3.8) is 0 Å². The van der Waals surface area contributed by atoms with Crippen LogP contribution in [0, 0.1) is 6.92 Å². The molecule has 0 aliphatic rings. The van der Waals surface area contributed by atoms with Gasteiger partial charge in [0.2, 0.25) is 5.88 Å². The number of rotatable bonds is 7. The Labute approximate surface area is 110 Å². The fourth-order valence-electron chi connectivity index (χ4n) is 1.43. The van der Waals surface area contributed by atoms with E-state index in [2.05, 4.69) is 11.9 Å². The molecule has 0 aromatic carbocycles. The van der Waals surface area contributed by atoms with E-state index in [4.69, 9.17) is 9.47 Å². The molecule has 1 aromatic rings. The number of hydrogen-bond acceptors (Lipinski definition) is 3. The number of halogens is 3. The SMILES string of the molecule is CCCCOCCOc1cc(C(F)(F)F)cc(C)n1. The maximum absolute atomic E-state index is 12.6. The van der Waals surface area contributed by atoms with Gasteiger partial charge in [0.1, 0.15) is 6.61 Å². The minimum absolute atomic E-state index is 0.0218. The molecule has 6 heteroatoms. The number of aromatic nitrogens is 1. The number of nitrogens with zero attached hydrogens (tertiary/aromatic N) is 1. The lowest BCUT2D eigenvalue weighted by Gasteiger charge is -2.11. The predicted octanol–water partition coefficient (Wildman–Crippen LogP) is 3.60. The topological polar surface area (TPSA) is 31.4 Å². The van der Waals surface area contributed by atoms with Gasteiger partial charge in [0.05, 0.1) is 12.2 Å². The van der Waals surface area contributed by atoms with Crippen molar-refractivity contribution in [2.75, 3.05) is 19.8 Å². The second-order valence-corrected chi connectivity index (χ2v) is 4.15. The smallest absolute Gasteiger partial charge is 0.416 e. The normalized spacial score (nSPS) is 11.6. The molecular weight excluding hydrogens is 259 g/mol. The van der Waals surface area contributed by atoms with Crippen molar-refractivity contribution < 1.29 is 22.6 Å². The monoisotopic (exact) mass is 277 g/mol. The molecule has 1 rings (SSSR count). The Morgan fingerprint density at radius 1 is 1.16 bits per heavy atom. The van der Waals surface area contributed by atoms with Gasteiger partial charge in [0.15, 0.2) is 0 Å². The summed E-state index contributed by atoms with van der Waals surface area (Å²) in [6.07, 6.45) is -2.39. The van der Waals surface area contributed by atoms with Crippen LogP contribution in [0.1, 0.15) is 31.0 Å². The number of alkyl halides is 3. The summed E-state index contributed by atoms with van der Waals surface area (Å²) in [5.41, 5.74) is -0.473. The molecule has 3 nitrogen and oxygen atoms in total. The first-order valence-corrected chi connectivity index (χ1v) is 6.20. The van der Waals surface area contributed by atoms with Gasteiger partial charge in [-0.1, -0.05) is 13.3 Å². The van der Waals surface area contributed by atoms with Crippen LogP contribution in [0.15, 0.2) is 12.1 Å². The van der Waals surface area contributed by atoms with Gasteiger partial charge in [-0.25, -0.2) is 4.98 Å². The highest BCUT2D eigenvalue weighted by molar-refractivity contribution is 5.26. The Morgan fingerprint density at radius 2 is 1.89 bits per heavy atom. The van der Waals surface area contributed by atoms with Crippen LogP contribution < -0.4 is 4.74 Å². The highest BCUT2D eigenvalue weighted by atomic mass is 19.4. The van der Waals surface area contributed by atoms with Gasteiger partial charge in [0, 0.05) is 18.4 Å². The van der Waals surface area contributed by atoms with Crippen LogP contribution in [0.5, 0.6) is 5.88 Å². The lowest BCUT2D eigenvalue weighted by Crippen LogP contribution is -2.11. The van der Waals surface area contributed by atoms with E-state index >= 15 is 0 Å². The Kier molecular flexibility index (Phi) is 6.08. The molecule has 0 aliphatic carbocycles. The van der Waals surface area contributed by atoms with E-state index in [-0.39, 0.29) is 18.2 Å². The van der Waals surface area contributed by atoms with Crippen molar-refractivity contribution in [3.8, 4) is 5.88 Å². The molecule has 19 heavy (non-hydrogen) atoms. The Balaban J connectivity index is 2.48. The Hall–Kier alpha value is -1.30. The van der Waals surface area contributed by atoms with Gasteiger partial charge in [-0.05, 0) is 19.4 Å². The van der Waals surface area contributed by atoms with Gasteiger partial charge in [-0.15, -0.1) is 0 Å². The summed E-state index contributed by atoms with van der Waals surface area (Å²) in [6.45, 7) is 4.72. The number of unbranched alkanes of at least 4 members (excludes halogenated alkanes) is 1. The maximum atomic E-state index is 12.6. The van der Waals surface area contributed by atoms with Crippen LogP contribution in [-0.4, -0.2) is 24.8 Å². The molecule has 108 valence electrons. The largest absolute Gasteiger partial charge is 0.475 e. The van der Waals surface area contributed by atoms with Crippen molar-refractivity contribution in [2.24, 2.45) is 0 Å². The van der Waals surface area contributed by atoms with E-state index in [1.165, 1.54) is 6.92 Å². The van der Waals surface area contributed by atoms with Crippen molar-refractivity contribution >= 4 is 0 Å². The number of pyridine rings is 1. The highest BCUT2D eigenvalue weighted by Gasteiger charge is 2.31. The first kappa shape index (κ1) is 15.8. The lowest BCUT2D eigenvalue weighted by molar-refractivity contribution is -0.137. The summed E-state index contributed by atoms with van der Waals surface area (Å²) in [6, 6.07) is 1.89. The molecule has 0 saturated heterocycles. The molecule has 1 heterocycles. The first-order chi connectivity index (χ1) is 8.93. The molecule has 0 aliphatic heterocycles. The minimum atomic E-state index is -4.39. The molecule has 0 saturated carbocycles. The van der Waals surface area contributed by atoms with Gasteiger partial charge in [0.25, 0.3) is 0 Å². The molecule has 0 spiro atoms. The fourth-order valence-corrected chi connectivity index (χ4v) is 1.43. The molecule has 0 fully saturated rings. The average Bonchev–Trinajstić information content (AvgIpc) is 2.32. The molecule has 0 radical (unpaired) electrons. The van der Waals surface area contributed by atoms with Crippen LogP contribution in [-0.2, 0) is 10.9 Å². The standard InChI is InChI=1S/C13H18F3NO2/c1-3-4-5-18-6-7-19-12-9-11(13(14,15)16)8-10(2)17-12/h8-9H,3-7H2,1-2H3. The highest BCUT2D eigenvalue weighted by Crippen LogP contribution is 2.31. The summed E-state index contributed by atoms with van der Waals surface area (Å²) in [4.78, 5) is 3.90. The predicted molar refractivity (Wildman–Crippen MR) is 65.2 cm³/mol. The van der Waals surface area contributed by atoms with E-state index in [1.807, 2.05) is 0 Å². The summed E-state index contributed by atoms with van der Waals surface area (Å²) in [5.74, 6) is -0.0218. The van der Waals surface area contributed by atoms with Crippen LogP contribution in [0.2, 0.25) is 0 Å². The van der Waals surface area contributed by atoms with Gasteiger partial charge in [-0.3, -0.25) is 0 Å². The zero-order chi connectivity index (χ0) is 14.3. The second kappa shape index (κ2) is 7.33. The first-order valence-electron chi connectivity index (χ1n) is 6.20.